The van der Waals surface area contributed by atoms with Crippen LogP contribution < -0.4 is 10.2 Å². The number of piperazine rings is 1. The Balaban J connectivity index is 1.95. The third kappa shape index (κ3) is 3.62. The molecule has 2 atom stereocenters. The number of thioether (sulfide) groups is 1. The van der Waals surface area contributed by atoms with Gasteiger partial charge in [0.15, 0.2) is 10.5 Å². The van der Waals surface area contributed by atoms with Gasteiger partial charge in [0.2, 0.25) is 9.84 Å². The van der Waals surface area contributed by atoms with E-state index in [1.54, 1.807) is 34.8 Å². The molecule has 1 saturated heterocycles. The normalized spacial score (nSPS) is 20.3. The topological polar surface area (TPSA) is 79.6 Å². The molecule has 0 saturated carbocycles. The van der Waals surface area contributed by atoms with E-state index < -0.39 is 9.84 Å². The van der Waals surface area contributed by atoms with Gasteiger partial charge in [0.25, 0.3) is 0 Å². The molecule has 7 nitrogen and oxygen atoms in total. The molecule has 29 heavy (non-hydrogen) atoms. The van der Waals surface area contributed by atoms with E-state index in [1.165, 1.54) is 11.8 Å². The van der Waals surface area contributed by atoms with Crippen LogP contribution in [0.2, 0.25) is 0 Å². The highest BCUT2D eigenvalue weighted by Gasteiger charge is 2.31. The second kappa shape index (κ2) is 7.62. The number of nitrogens with zero attached hydrogens (tertiary/aromatic N) is 4. The molecule has 1 aromatic carbocycles. The Bertz CT molecular complexity index is 1130. The lowest BCUT2D eigenvalue weighted by Gasteiger charge is -2.37. The molecule has 0 aliphatic carbocycles. The molecular weight excluding hydrogens is 406 g/mol. The predicted molar refractivity (Wildman–Crippen MR) is 116 cm³/mol. The molecule has 2 unspecified atom stereocenters. The van der Waals surface area contributed by atoms with Gasteiger partial charge < -0.3 is 10.2 Å². The Morgan fingerprint density at radius 2 is 1.79 bits per heavy atom. The van der Waals surface area contributed by atoms with Crippen LogP contribution in [0.1, 0.15) is 19.5 Å². The first kappa shape index (κ1) is 20.2. The van der Waals surface area contributed by atoms with Crippen LogP contribution in [0.25, 0.3) is 5.65 Å². The molecule has 154 valence electrons. The highest BCUT2D eigenvalue weighted by Crippen LogP contribution is 2.34. The third-order valence-electron chi connectivity index (χ3n) is 5.02. The monoisotopic (exact) mass is 431 g/mol. The third-order valence-corrected chi connectivity index (χ3v) is 7.63. The molecule has 1 N–H and O–H groups in total. The fourth-order valence-electron chi connectivity index (χ4n) is 3.91. The molecule has 1 fully saturated rings. The van der Waals surface area contributed by atoms with Crippen molar-refractivity contribution in [3.63, 3.8) is 0 Å². The van der Waals surface area contributed by atoms with E-state index in [1.807, 2.05) is 19.2 Å². The lowest BCUT2D eigenvalue weighted by molar-refractivity contribution is 0.403. The quantitative estimate of drug-likeness (QED) is 0.636. The van der Waals surface area contributed by atoms with Crippen molar-refractivity contribution < 1.29 is 8.42 Å². The molecule has 4 rings (SSSR count). The predicted octanol–water partition coefficient (Wildman–Crippen LogP) is 2.78. The van der Waals surface area contributed by atoms with Gasteiger partial charge in [-0.15, -0.1) is 11.8 Å². The Morgan fingerprint density at radius 1 is 1.14 bits per heavy atom. The fraction of sp³-hybridized carbons (Fsp3) is 0.400. The van der Waals surface area contributed by atoms with Crippen LogP contribution in [-0.4, -0.2) is 54.4 Å². The van der Waals surface area contributed by atoms with Crippen molar-refractivity contribution in [2.24, 2.45) is 0 Å². The lowest BCUT2D eigenvalue weighted by atomic mass is 10.1. The van der Waals surface area contributed by atoms with E-state index in [4.69, 9.17) is 0 Å². The summed E-state index contributed by atoms with van der Waals surface area (Å²) in [6.45, 7) is 7.82. The minimum Gasteiger partial charge on any atom is -0.353 e. The molecule has 9 heteroatoms. The van der Waals surface area contributed by atoms with Crippen molar-refractivity contribution in [1.82, 2.24) is 19.9 Å². The summed E-state index contributed by atoms with van der Waals surface area (Å²) < 4.78 is 28.6. The number of anilines is 1. The number of hydrogen-bond acceptors (Lipinski definition) is 7. The highest BCUT2D eigenvalue weighted by atomic mass is 32.2. The smallest absolute Gasteiger partial charge is 0.213 e. The fourth-order valence-corrected chi connectivity index (χ4v) is 6.32. The van der Waals surface area contributed by atoms with E-state index in [9.17, 15) is 8.42 Å². The number of aryl methyl sites for hydroxylation is 1. The highest BCUT2D eigenvalue weighted by molar-refractivity contribution is 7.99. The first-order chi connectivity index (χ1) is 13.8. The van der Waals surface area contributed by atoms with Crippen molar-refractivity contribution in [2.75, 3.05) is 24.2 Å². The van der Waals surface area contributed by atoms with E-state index >= 15 is 0 Å². The molecule has 2 aromatic heterocycles. The van der Waals surface area contributed by atoms with Gasteiger partial charge in [-0.25, -0.2) is 13.4 Å². The summed E-state index contributed by atoms with van der Waals surface area (Å²) in [6, 6.07) is 11.1. The van der Waals surface area contributed by atoms with Crippen molar-refractivity contribution in [3.05, 3.63) is 42.1 Å². The second-order valence-corrected chi connectivity index (χ2v) is 10.2. The number of nitrogens with one attached hydrogen (secondary N) is 1. The van der Waals surface area contributed by atoms with Crippen molar-refractivity contribution in [1.29, 1.82) is 0 Å². The van der Waals surface area contributed by atoms with Crippen LogP contribution >= 0.6 is 11.8 Å². The molecule has 1 aliphatic rings. The summed E-state index contributed by atoms with van der Waals surface area (Å²) in [4.78, 5) is 7.28. The van der Waals surface area contributed by atoms with Crippen molar-refractivity contribution in [3.8, 4) is 0 Å². The van der Waals surface area contributed by atoms with Gasteiger partial charge in [-0.1, -0.05) is 18.2 Å². The standard InChI is InChI=1S/C20H25N5O2S2/c1-13-10-17(24-11-14(2)21-15(3)12-24)25-19(22-13)18(20(23-25)28-4)29(26,27)16-8-6-5-7-9-16/h5-10,14-15,21H,11-12H2,1-4H3. The van der Waals surface area contributed by atoms with Crippen LogP contribution in [0.5, 0.6) is 0 Å². The number of rotatable bonds is 4. The zero-order valence-corrected chi connectivity index (χ0v) is 18.6. The van der Waals surface area contributed by atoms with Crippen molar-refractivity contribution >= 4 is 33.1 Å². The minimum absolute atomic E-state index is 0.178. The molecule has 0 bridgehead atoms. The van der Waals surface area contributed by atoms with Crippen molar-refractivity contribution in [2.45, 2.75) is 47.7 Å². The van der Waals surface area contributed by atoms with Crippen LogP contribution in [-0.2, 0) is 9.84 Å². The summed E-state index contributed by atoms with van der Waals surface area (Å²) in [5.74, 6) is 0.873. The Kier molecular flexibility index (Phi) is 5.30. The summed E-state index contributed by atoms with van der Waals surface area (Å²) in [7, 11) is -3.75. The average Bonchev–Trinajstić information content (AvgIpc) is 3.06. The number of benzene rings is 1. The Hall–Kier alpha value is -2.10. The zero-order chi connectivity index (χ0) is 20.8. The van der Waals surface area contributed by atoms with Gasteiger partial charge in [-0.05, 0) is 39.2 Å². The van der Waals surface area contributed by atoms with Crippen LogP contribution in [0.15, 0.2) is 51.2 Å². The molecule has 0 radical (unpaired) electrons. The maximum absolute atomic E-state index is 13.5. The summed E-state index contributed by atoms with van der Waals surface area (Å²) in [6.07, 6.45) is 1.84. The van der Waals surface area contributed by atoms with E-state index in [2.05, 4.69) is 34.1 Å². The first-order valence-corrected chi connectivity index (χ1v) is 12.3. The second-order valence-electron chi connectivity index (χ2n) is 7.52. The largest absolute Gasteiger partial charge is 0.353 e. The molecule has 0 amide bonds. The van der Waals surface area contributed by atoms with Gasteiger partial charge >= 0.3 is 0 Å². The molecular formula is C20H25N5O2S2. The molecule has 1 aliphatic heterocycles. The molecule has 3 heterocycles. The zero-order valence-electron chi connectivity index (χ0n) is 17.0. The van der Waals surface area contributed by atoms with Crippen LogP contribution in [0, 0.1) is 6.92 Å². The SMILES string of the molecule is CSc1nn2c(N3CC(C)NC(C)C3)cc(C)nc2c1S(=O)(=O)c1ccccc1. The maximum Gasteiger partial charge on any atom is 0.213 e. The number of aromatic nitrogens is 3. The van der Waals surface area contributed by atoms with Crippen LogP contribution in [0.3, 0.4) is 0 Å². The van der Waals surface area contributed by atoms with Gasteiger partial charge in [0.1, 0.15) is 10.8 Å². The summed E-state index contributed by atoms with van der Waals surface area (Å²) in [5, 5.41) is 8.66. The van der Waals surface area contributed by atoms with E-state index in [-0.39, 0.29) is 9.79 Å². The number of sulfone groups is 1. The van der Waals surface area contributed by atoms with Gasteiger partial charge in [0.05, 0.1) is 4.90 Å². The lowest BCUT2D eigenvalue weighted by Crippen LogP contribution is -2.54. The summed E-state index contributed by atoms with van der Waals surface area (Å²) in [5.41, 5.74) is 1.15. The van der Waals surface area contributed by atoms with E-state index in [0.29, 0.717) is 22.8 Å². The maximum atomic E-state index is 13.5. The number of hydrogen-bond donors (Lipinski definition) is 1. The molecule has 0 spiro atoms. The summed E-state index contributed by atoms with van der Waals surface area (Å²) >= 11 is 1.32. The van der Waals surface area contributed by atoms with Gasteiger partial charge in [0, 0.05) is 36.9 Å². The van der Waals surface area contributed by atoms with Crippen LogP contribution in [0.4, 0.5) is 5.82 Å². The first-order valence-electron chi connectivity index (χ1n) is 9.56. The minimum atomic E-state index is -3.75. The Morgan fingerprint density at radius 3 is 2.41 bits per heavy atom. The van der Waals surface area contributed by atoms with Gasteiger partial charge in [-0.2, -0.15) is 9.61 Å². The number of fused-ring (bicyclic) bond motifs is 1. The van der Waals surface area contributed by atoms with Gasteiger partial charge in [-0.3, -0.25) is 0 Å². The average molecular weight is 432 g/mol. The Labute approximate surface area is 175 Å². The van der Waals surface area contributed by atoms with E-state index in [0.717, 1.165) is 24.6 Å². The molecule has 3 aromatic rings.